The highest BCUT2D eigenvalue weighted by Gasteiger charge is 2.35. The van der Waals surface area contributed by atoms with Crippen molar-refractivity contribution in [2.75, 3.05) is 7.11 Å². The lowest BCUT2D eigenvalue weighted by molar-refractivity contribution is -0.123. The van der Waals surface area contributed by atoms with Crippen LogP contribution in [0.25, 0.3) is 6.08 Å². The zero-order chi connectivity index (χ0) is 23.4. The van der Waals surface area contributed by atoms with Gasteiger partial charge in [-0.05, 0) is 53.2 Å². The molecule has 1 heterocycles. The van der Waals surface area contributed by atoms with Crippen LogP contribution in [0, 0.1) is 0 Å². The molecule has 1 fully saturated rings. The number of rotatable bonds is 7. The molecule has 3 aromatic carbocycles. The zero-order valence-electron chi connectivity index (χ0n) is 17.6. The topological polar surface area (TPSA) is 55.8 Å². The van der Waals surface area contributed by atoms with Crippen LogP contribution in [0.15, 0.2) is 71.6 Å². The van der Waals surface area contributed by atoms with E-state index in [1.54, 1.807) is 42.5 Å². The lowest BCUT2D eigenvalue weighted by Gasteiger charge is -2.13. The molecule has 0 radical (unpaired) electrons. The number of hydrogen-bond acceptors (Lipinski definition) is 5. The first-order valence-electron chi connectivity index (χ1n) is 9.99. The van der Waals surface area contributed by atoms with Gasteiger partial charge in [-0.3, -0.25) is 14.5 Å². The first-order chi connectivity index (χ1) is 16.0. The standard InChI is InChI=1S/C25H19Cl2NO4S/c1-31-22-12-17(10-11-21(22)32-15-18-19(26)8-5-9-20(18)27)13-23-24(29)28(25(30)33-23)14-16-6-3-2-4-7-16/h2-13H,14-15H2,1H3/b23-13-. The fraction of sp³-hybridized carbons (Fsp3) is 0.120. The minimum Gasteiger partial charge on any atom is -0.493 e. The van der Waals surface area contributed by atoms with E-state index in [0.717, 1.165) is 17.3 Å². The van der Waals surface area contributed by atoms with E-state index in [1.165, 1.54) is 12.0 Å². The van der Waals surface area contributed by atoms with Gasteiger partial charge in [0.2, 0.25) is 0 Å². The summed E-state index contributed by atoms with van der Waals surface area (Å²) in [5.74, 6) is 0.666. The molecule has 0 N–H and O–H groups in total. The van der Waals surface area contributed by atoms with E-state index in [4.69, 9.17) is 32.7 Å². The number of thioether (sulfide) groups is 1. The van der Waals surface area contributed by atoms with Gasteiger partial charge in [-0.25, -0.2) is 0 Å². The Bertz CT molecular complexity index is 1210. The Hall–Kier alpha value is -2.93. The first kappa shape index (κ1) is 23.2. The van der Waals surface area contributed by atoms with Crippen LogP contribution in [0.2, 0.25) is 10.0 Å². The molecule has 8 heteroatoms. The lowest BCUT2D eigenvalue weighted by Crippen LogP contribution is -2.27. The van der Waals surface area contributed by atoms with E-state index in [-0.39, 0.29) is 24.3 Å². The Labute approximate surface area is 205 Å². The summed E-state index contributed by atoms with van der Waals surface area (Å²) in [5.41, 5.74) is 2.28. The summed E-state index contributed by atoms with van der Waals surface area (Å²) in [7, 11) is 1.53. The van der Waals surface area contributed by atoms with E-state index in [9.17, 15) is 9.59 Å². The molecule has 0 aromatic heterocycles. The van der Waals surface area contributed by atoms with Gasteiger partial charge in [-0.15, -0.1) is 0 Å². The molecule has 0 spiro atoms. The van der Waals surface area contributed by atoms with Gasteiger partial charge in [-0.1, -0.05) is 65.7 Å². The van der Waals surface area contributed by atoms with Gasteiger partial charge < -0.3 is 9.47 Å². The van der Waals surface area contributed by atoms with Gasteiger partial charge in [0.05, 0.1) is 18.6 Å². The van der Waals surface area contributed by atoms with Crippen LogP contribution < -0.4 is 9.47 Å². The molecule has 1 saturated heterocycles. The van der Waals surface area contributed by atoms with Crippen molar-refractivity contribution in [1.29, 1.82) is 0 Å². The van der Waals surface area contributed by atoms with Crippen LogP contribution in [0.1, 0.15) is 16.7 Å². The van der Waals surface area contributed by atoms with Crippen molar-refractivity contribution in [3.05, 3.63) is 98.4 Å². The minimum absolute atomic E-state index is 0.173. The fourth-order valence-electron chi connectivity index (χ4n) is 3.27. The Morgan fingerprint density at radius 2 is 1.67 bits per heavy atom. The van der Waals surface area contributed by atoms with Crippen LogP contribution in [0.3, 0.4) is 0 Å². The summed E-state index contributed by atoms with van der Waals surface area (Å²) in [6.45, 7) is 0.413. The third kappa shape index (κ3) is 5.36. The predicted octanol–water partition coefficient (Wildman–Crippen LogP) is 6.82. The van der Waals surface area contributed by atoms with Crippen LogP contribution in [0.5, 0.6) is 11.5 Å². The third-order valence-electron chi connectivity index (χ3n) is 4.98. The monoisotopic (exact) mass is 499 g/mol. The van der Waals surface area contributed by atoms with Crippen molar-refractivity contribution in [2.24, 2.45) is 0 Å². The minimum atomic E-state index is -0.318. The summed E-state index contributed by atoms with van der Waals surface area (Å²) in [5, 5.41) is 0.743. The van der Waals surface area contributed by atoms with E-state index in [0.29, 0.717) is 37.6 Å². The Morgan fingerprint density at radius 3 is 2.36 bits per heavy atom. The number of nitrogens with zero attached hydrogens (tertiary/aromatic N) is 1. The second kappa shape index (κ2) is 10.3. The smallest absolute Gasteiger partial charge is 0.293 e. The Balaban J connectivity index is 1.50. The molecular weight excluding hydrogens is 481 g/mol. The molecule has 4 rings (SSSR count). The number of imide groups is 1. The second-order valence-electron chi connectivity index (χ2n) is 7.15. The molecule has 3 aromatic rings. The number of ether oxygens (including phenoxy) is 2. The number of methoxy groups -OCH3 is 1. The molecule has 1 aliphatic rings. The maximum absolute atomic E-state index is 12.8. The maximum atomic E-state index is 12.8. The van der Waals surface area contributed by atoms with Crippen LogP contribution in [-0.2, 0) is 17.9 Å². The average Bonchev–Trinajstić information content (AvgIpc) is 3.07. The molecular formula is C25H19Cl2NO4S. The van der Waals surface area contributed by atoms with Gasteiger partial charge in [0.1, 0.15) is 6.61 Å². The molecule has 0 unspecified atom stereocenters. The number of carbonyl (C=O) groups excluding carboxylic acids is 2. The molecule has 0 bridgehead atoms. The van der Waals surface area contributed by atoms with E-state index < -0.39 is 0 Å². The van der Waals surface area contributed by atoms with Gasteiger partial charge in [0, 0.05) is 15.6 Å². The van der Waals surface area contributed by atoms with Gasteiger partial charge in [-0.2, -0.15) is 0 Å². The molecule has 0 atom stereocenters. The number of halogens is 2. The predicted molar refractivity (Wildman–Crippen MR) is 132 cm³/mol. The number of amides is 2. The quantitative estimate of drug-likeness (QED) is 0.334. The molecule has 0 saturated carbocycles. The summed E-state index contributed by atoms with van der Waals surface area (Å²) >= 11 is 13.3. The normalized spacial score (nSPS) is 14.8. The van der Waals surface area contributed by atoms with Crippen molar-refractivity contribution >= 4 is 52.2 Å². The van der Waals surface area contributed by atoms with E-state index in [2.05, 4.69) is 0 Å². The van der Waals surface area contributed by atoms with Crippen LogP contribution >= 0.6 is 35.0 Å². The van der Waals surface area contributed by atoms with Gasteiger partial charge >= 0.3 is 0 Å². The average molecular weight is 500 g/mol. The Morgan fingerprint density at radius 1 is 0.939 bits per heavy atom. The van der Waals surface area contributed by atoms with Crippen LogP contribution in [-0.4, -0.2) is 23.2 Å². The molecule has 5 nitrogen and oxygen atoms in total. The lowest BCUT2D eigenvalue weighted by atomic mass is 10.1. The van der Waals surface area contributed by atoms with E-state index >= 15 is 0 Å². The van der Waals surface area contributed by atoms with Crippen LogP contribution in [0.4, 0.5) is 4.79 Å². The highest BCUT2D eigenvalue weighted by molar-refractivity contribution is 8.18. The summed E-state index contributed by atoms with van der Waals surface area (Å²) in [6, 6.07) is 19.9. The van der Waals surface area contributed by atoms with Crippen molar-refractivity contribution < 1.29 is 19.1 Å². The van der Waals surface area contributed by atoms with Crippen molar-refractivity contribution in [3.63, 3.8) is 0 Å². The van der Waals surface area contributed by atoms with Crippen molar-refractivity contribution in [2.45, 2.75) is 13.2 Å². The molecule has 33 heavy (non-hydrogen) atoms. The highest BCUT2D eigenvalue weighted by Crippen LogP contribution is 2.36. The van der Waals surface area contributed by atoms with Gasteiger partial charge in [0.15, 0.2) is 11.5 Å². The maximum Gasteiger partial charge on any atom is 0.293 e. The fourth-order valence-corrected chi connectivity index (χ4v) is 4.61. The van der Waals surface area contributed by atoms with Crippen molar-refractivity contribution in [1.82, 2.24) is 4.90 Å². The van der Waals surface area contributed by atoms with Gasteiger partial charge in [0.25, 0.3) is 11.1 Å². The molecule has 168 valence electrons. The SMILES string of the molecule is COc1cc(/C=C2\SC(=O)N(Cc3ccccc3)C2=O)ccc1OCc1c(Cl)cccc1Cl. The molecule has 1 aliphatic heterocycles. The third-order valence-corrected chi connectivity index (χ3v) is 6.59. The van der Waals surface area contributed by atoms with Crippen molar-refractivity contribution in [3.8, 4) is 11.5 Å². The first-order valence-corrected chi connectivity index (χ1v) is 11.6. The zero-order valence-corrected chi connectivity index (χ0v) is 19.9. The Kier molecular flexibility index (Phi) is 7.28. The highest BCUT2D eigenvalue weighted by atomic mass is 35.5. The second-order valence-corrected chi connectivity index (χ2v) is 8.96. The summed E-state index contributed by atoms with van der Waals surface area (Å²) < 4.78 is 11.3. The summed E-state index contributed by atoms with van der Waals surface area (Å²) in [4.78, 5) is 26.8. The number of carbonyl (C=O) groups is 2. The number of hydrogen-bond donors (Lipinski definition) is 0. The largest absolute Gasteiger partial charge is 0.493 e. The molecule has 0 aliphatic carbocycles. The summed E-state index contributed by atoms with van der Waals surface area (Å²) in [6.07, 6.45) is 1.67. The molecule has 2 amide bonds. The number of benzene rings is 3. The van der Waals surface area contributed by atoms with E-state index in [1.807, 2.05) is 30.3 Å².